The zero-order chi connectivity index (χ0) is 34.5. The smallest absolute Gasteiger partial charge is 0.413 e. The number of aromatic nitrogens is 3. The molecule has 2 bridgehead atoms. The number of phenolic OH excluding ortho intramolecular Hbond substituents is 1. The molecule has 2 fully saturated rings. The molecule has 3 atom stereocenters. The molecule has 1 N–H and O–H groups in total. The molecular formula is C35H35F2N5O6. The molecule has 0 spiro atoms. The van der Waals surface area contributed by atoms with Crippen LogP contribution < -0.4 is 9.64 Å². The molecule has 4 aromatic rings. The number of carbonyl (C=O) groups is 2. The highest BCUT2D eigenvalue weighted by Crippen LogP contribution is 2.40. The molecular weight excluding hydrogens is 624 g/mol. The number of hydrogen-bond acceptors (Lipinski definition) is 10. The fourth-order valence-corrected chi connectivity index (χ4v) is 6.35. The molecule has 250 valence electrons. The molecule has 6 rings (SSSR count). The Morgan fingerprint density at radius 1 is 1.15 bits per heavy atom. The fourth-order valence-electron chi connectivity index (χ4n) is 6.35. The van der Waals surface area contributed by atoms with E-state index in [-0.39, 0.29) is 51.6 Å². The molecule has 2 aromatic carbocycles. The van der Waals surface area contributed by atoms with Gasteiger partial charge in [0.15, 0.2) is 5.82 Å². The van der Waals surface area contributed by atoms with Crippen LogP contribution >= 0.6 is 0 Å². The van der Waals surface area contributed by atoms with Crippen molar-refractivity contribution in [3.8, 4) is 35.4 Å². The van der Waals surface area contributed by atoms with Gasteiger partial charge in [0.05, 0.1) is 35.6 Å². The van der Waals surface area contributed by atoms with E-state index in [1.54, 1.807) is 18.7 Å². The average Bonchev–Trinajstić information content (AvgIpc) is 3.33. The van der Waals surface area contributed by atoms with Crippen LogP contribution in [0.1, 0.15) is 52.5 Å². The number of halogens is 2. The SMILES string of the molecule is C#Cc1c(F)ccc2cc(O)cc(-c3ncc4c(N5CC6CCC(C5)N6C(=O)OC(C)OC(=O)C(C)(C)CC)nc(OC)nc4c3F)c12. The number of ether oxygens (including phenoxy) is 3. The zero-order valence-electron chi connectivity index (χ0n) is 27.2. The number of nitrogens with zero attached hydrogens (tertiary/aromatic N) is 5. The summed E-state index contributed by atoms with van der Waals surface area (Å²) in [7, 11) is 1.36. The van der Waals surface area contributed by atoms with Gasteiger partial charge < -0.3 is 24.2 Å². The van der Waals surface area contributed by atoms with Gasteiger partial charge in [-0.3, -0.25) is 14.7 Å². The van der Waals surface area contributed by atoms with Crippen LogP contribution in [-0.4, -0.2) is 75.6 Å². The minimum Gasteiger partial charge on any atom is -0.508 e. The van der Waals surface area contributed by atoms with Crippen molar-refractivity contribution >= 4 is 39.6 Å². The molecule has 11 nitrogen and oxygen atoms in total. The van der Waals surface area contributed by atoms with E-state index < -0.39 is 35.4 Å². The van der Waals surface area contributed by atoms with Crippen LogP contribution in [-0.2, 0) is 14.3 Å². The van der Waals surface area contributed by atoms with Gasteiger partial charge in [-0.15, -0.1) is 6.42 Å². The Bertz CT molecular complexity index is 1980. The first-order chi connectivity index (χ1) is 22.9. The van der Waals surface area contributed by atoms with Crippen molar-refractivity contribution in [2.45, 2.75) is 65.3 Å². The number of hydrogen-bond donors (Lipinski definition) is 1. The molecule has 2 saturated heterocycles. The second-order valence-electron chi connectivity index (χ2n) is 12.7. The highest BCUT2D eigenvalue weighted by atomic mass is 19.1. The van der Waals surface area contributed by atoms with E-state index in [0.29, 0.717) is 48.9 Å². The van der Waals surface area contributed by atoms with Gasteiger partial charge in [0.25, 0.3) is 0 Å². The van der Waals surface area contributed by atoms with Crippen molar-refractivity contribution in [2.75, 3.05) is 25.1 Å². The van der Waals surface area contributed by atoms with Gasteiger partial charge in [-0.2, -0.15) is 9.97 Å². The molecule has 1 amide bonds. The topological polar surface area (TPSA) is 127 Å². The maximum absolute atomic E-state index is 16.5. The van der Waals surface area contributed by atoms with E-state index in [1.165, 1.54) is 44.5 Å². The Labute approximate surface area is 275 Å². The summed E-state index contributed by atoms with van der Waals surface area (Å²) in [5.74, 6) is 0.549. The summed E-state index contributed by atoms with van der Waals surface area (Å²) < 4.78 is 47.5. The lowest BCUT2D eigenvalue weighted by molar-refractivity contribution is -0.177. The third kappa shape index (κ3) is 5.65. The van der Waals surface area contributed by atoms with Crippen molar-refractivity contribution in [3.05, 3.63) is 47.7 Å². The monoisotopic (exact) mass is 659 g/mol. The van der Waals surface area contributed by atoms with Gasteiger partial charge in [0.1, 0.15) is 28.6 Å². The standard InChI is InChI=1S/C35H35F2N5O6/c1-7-23-26(36)12-9-19-13-22(43)14-24(27(19)23)29-28(37)30-25(15-38-29)31(40-33(39-30)46-6)41-16-20-10-11-21(17-41)42(20)34(45)48-18(3)47-32(44)35(4,5)8-2/h1,9,12-15,18,20-21,43H,8,10-11,16-17H2,2-6H3. The van der Waals surface area contributed by atoms with Crippen molar-refractivity contribution in [3.63, 3.8) is 0 Å². The van der Waals surface area contributed by atoms with Crippen LogP contribution in [0.3, 0.4) is 0 Å². The first-order valence-electron chi connectivity index (χ1n) is 15.6. The predicted molar refractivity (Wildman–Crippen MR) is 173 cm³/mol. The number of amides is 1. The highest BCUT2D eigenvalue weighted by Gasteiger charge is 2.45. The number of rotatable bonds is 7. The lowest BCUT2D eigenvalue weighted by Gasteiger charge is -2.41. The summed E-state index contributed by atoms with van der Waals surface area (Å²) in [5.41, 5.74) is -0.992. The number of carbonyl (C=O) groups excluding carboxylic acids is 2. The Morgan fingerprint density at radius 2 is 1.85 bits per heavy atom. The number of esters is 1. The van der Waals surface area contributed by atoms with E-state index >= 15 is 4.39 Å². The molecule has 2 aromatic heterocycles. The number of benzene rings is 2. The zero-order valence-corrected chi connectivity index (χ0v) is 27.2. The number of piperazine rings is 1. The van der Waals surface area contributed by atoms with Gasteiger partial charge in [0.2, 0.25) is 6.29 Å². The van der Waals surface area contributed by atoms with Crippen molar-refractivity contribution < 1.29 is 37.7 Å². The third-order valence-electron chi connectivity index (χ3n) is 9.25. The van der Waals surface area contributed by atoms with Crippen molar-refractivity contribution in [1.82, 2.24) is 19.9 Å². The van der Waals surface area contributed by atoms with Crippen LogP contribution in [0.15, 0.2) is 30.5 Å². The molecule has 0 saturated carbocycles. The molecule has 3 unspecified atom stereocenters. The first-order valence-corrected chi connectivity index (χ1v) is 15.6. The minimum absolute atomic E-state index is 0.0889. The maximum Gasteiger partial charge on any atom is 0.413 e. The first kappa shape index (κ1) is 32.7. The summed E-state index contributed by atoms with van der Waals surface area (Å²) in [6.45, 7) is 7.62. The summed E-state index contributed by atoms with van der Waals surface area (Å²) in [6, 6.07) is 4.72. The minimum atomic E-state index is -1.07. The molecule has 0 radical (unpaired) electrons. The van der Waals surface area contributed by atoms with Gasteiger partial charge in [-0.05, 0) is 56.7 Å². The summed E-state index contributed by atoms with van der Waals surface area (Å²) in [6.07, 6.45) is 7.36. The fraction of sp³-hybridized carbons (Fsp3) is 0.400. The molecule has 48 heavy (non-hydrogen) atoms. The summed E-state index contributed by atoms with van der Waals surface area (Å²) >= 11 is 0. The van der Waals surface area contributed by atoms with E-state index in [4.69, 9.17) is 20.6 Å². The largest absolute Gasteiger partial charge is 0.508 e. The van der Waals surface area contributed by atoms with Gasteiger partial charge in [-0.1, -0.05) is 18.9 Å². The molecule has 13 heteroatoms. The Balaban J connectivity index is 1.32. The number of terminal acetylenes is 1. The second-order valence-corrected chi connectivity index (χ2v) is 12.7. The Hall–Kier alpha value is -5.25. The quantitative estimate of drug-likeness (QED) is 0.145. The highest BCUT2D eigenvalue weighted by molar-refractivity contribution is 6.03. The van der Waals surface area contributed by atoms with Gasteiger partial charge in [-0.25, -0.2) is 13.6 Å². The number of aromatic hydroxyl groups is 1. The van der Waals surface area contributed by atoms with Crippen molar-refractivity contribution in [2.24, 2.45) is 5.41 Å². The van der Waals surface area contributed by atoms with E-state index in [0.717, 1.165) is 0 Å². The van der Waals surface area contributed by atoms with E-state index in [1.807, 2.05) is 11.8 Å². The molecule has 2 aliphatic heterocycles. The lowest BCUT2D eigenvalue weighted by atomic mass is 9.91. The normalized spacial score (nSPS) is 18.1. The van der Waals surface area contributed by atoms with E-state index in [2.05, 4.69) is 20.9 Å². The Morgan fingerprint density at radius 3 is 2.50 bits per heavy atom. The van der Waals surface area contributed by atoms with Crippen LogP contribution in [0, 0.1) is 29.4 Å². The third-order valence-corrected chi connectivity index (χ3v) is 9.25. The predicted octanol–water partition coefficient (Wildman–Crippen LogP) is 5.93. The molecule has 0 aliphatic carbocycles. The summed E-state index contributed by atoms with van der Waals surface area (Å²) in [4.78, 5) is 42.6. The molecule has 4 heterocycles. The number of methoxy groups -OCH3 is 1. The van der Waals surface area contributed by atoms with Crippen LogP contribution in [0.25, 0.3) is 32.9 Å². The number of phenols is 1. The number of pyridine rings is 1. The Kier molecular flexibility index (Phi) is 8.45. The molecule has 2 aliphatic rings. The van der Waals surface area contributed by atoms with Crippen molar-refractivity contribution in [1.29, 1.82) is 0 Å². The second kappa shape index (κ2) is 12.4. The van der Waals surface area contributed by atoms with E-state index in [9.17, 15) is 19.1 Å². The average molecular weight is 660 g/mol. The van der Waals surface area contributed by atoms with Gasteiger partial charge >= 0.3 is 18.1 Å². The van der Waals surface area contributed by atoms with Gasteiger partial charge in [0, 0.05) is 37.2 Å². The maximum atomic E-state index is 16.5. The number of anilines is 1. The number of fused-ring (bicyclic) bond motifs is 4. The van der Waals surface area contributed by atoms with Crippen LogP contribution in [0.4, 0.5) is 19.4 Å². The van der Waals surface area contributed by atoms with Crippen LogP contribution in [0.2, 0.25) is 0 Å². The summed E-state index contributed by atoms with van der Waals surface area (Å²) in [5, 5.41) is 11.4. The lowest BCUT2D eigenvalue weighted by Crippen LogP contribution is -2.56. The van der Waals surface area contributed by atoms with Crippen LogP contribution in [0.5, 0.6) is 11.8 Å².